The molecule has 2 aromatic rings. The Kier molecular flexibility index (Phi) is 4.16. The van der Waals surface area contributed by atoms with Crippen LogP contribution in [0.15, 0.2) is 29.0 Å². The number of nitrogens with zero attached hydrogens (tertiary/aromatic N) is 2. The van der Waals surface area contributed by atoms with Gasteiger partial charge in [0.15, 0.2) is 17.3 Å². The van der Waals surface area contributed by atoms with Crippen LogP contribution in [0.25, 0.3) is 0 Å². The molecule has 7 heteroatoms. The predicted octanol–water partition coefficient (Wildman–Crippen LogP) is 3.15. The van der Waals surface area contributed by atoms with Crippen molar-refractivity contribution in [1.82, 2.24) is 9.97 Å². The number of nitrogen functional groups attached to an aromatic ring is 1. The van der Waals surface area contributed by atoms with E-state index in [4.69, 9.17) is 15.2 Å². The van der Waals surface area contributed by atoms with Gasteiger partial charge in [0.1, 0.15) is 6.33 Å². The van der Waals surface area contributed by atoms with Crippen molar-refractivity contribution < 1.29 is 13.9 Å². The fourth-order valence-electron chi connectivity index (χ4n) is 1.36. The van der Waals surface area contributed by atoms with Gasteiger partial charge < -0.3 is 15.2 Å². The monoisotopic (exact) mass is 327 g/mol. The predicted molar refractivity (Wildman–Crippen MR) is 71.8 cm³/mol. The lowest BCUT2D eigenvalue weighted by atomic mass is 10.3. The first-order valence-electron chi connectivity index (χ1n) is 5.48. The molecule has 0 bridgehead atoms. The summed E-state index contributed by atoms with van der Waals surface area (Å²) < 4.78 is 24.8. The van der Waals surface area contributed by atoms with Crippen LogP contribution in [0.5, 0.6) is 17.5 Å². The summed E-state index contributed by atoms with van der Waals surface area (Å²) in [5.41, 5.74) is 5.92. The summed E-state index contributed by atoms with van der Waals surface area (Å²) >= 11 is 3.23. The van der Waals surface area contributed by atoms with Crippen LogP contribution in [0.3, 0.4) is 0 Å². The van der Waals surface area contributed by atoms with Gasteiger partial charge in [0, 0.05) is 4.47 Å². The highest BCUT2D eigenvalue weighted by molar-refractivity contribution is 9.10. The van der Waals surface area contributed by atoms with Gasteiger partial charge in [-0.1, -0.05) is 15.9 Å². The topological polar surface area (TPSA) is 70.3 Å². The average Bonchev–Trinajstić information content (AvgIpc) is 2.39. The molecule has 0 amide bonds. The summed E-state index contributed by atoms with van der Waals surface area (Å²) in [5.74, 6) is -0.236. The normalized spacial score (nSPS) is 10.3. The van der Waals surface area contributed by atoms with Gasteiger partial charge in [0.05, 0.1) is 6.61 Å². The van der Waals surface area contributed by atoms with Crippen LogP contribution >= 0.6 is 15.9 Å². The number of halogens is 2. The number of aromatic nitrogens is 2. The first-order chi connectivity index (χ1) is 9.11. The van der Waals surface area contributed by atoms with Crippen molar-refractivity contribution >= 4 is 21.6 Å². The Hall–Kier alpha value is -1.89. The molecule has 0 saturated carbocycles. The molecule has 0 aliphatic heterocycles. The third-order valence-electron chi connectivity index (χ3n) is 2.19. The van der Waals surface area contributed by atoms with E-state index >= 15 is 0 Å². The van der Waals surface area contributed by atoms with Crippen LogP contribution in [-0.4, -0.2) is 16.6 Å². The number of nitrogens with two attached hydrogens (primary N) is 1. The largest absolute Gasteiger partial charge is 0.476 e. The first kappa shape index (κ1) is 13.5. The molecule has 0 saturated heterocycles. The Morgan fingerprint density at radius 1 is 1.32 bits per heavy atom. The van der Waals surface area contributed by atoms with Crippen LogP contribution in [0.4, 0.5) is 10.1 Å². The molecule has 0 aliphatic carbocycles. The fourth-order valence-corrected chi connectivity index (χ4v) is 1.70. The van der Waals surface area contributed by atoms with E-state index < -0.39 is 5.82 Å². The van der Waals surface area contributed by atoms with E-state index in [2.05, 4.69) is 25.9 Å². The second kappa shape index (κ2) is 5.83. The third-order valence-corrected chi connectivity index (χ3v) is 2.68. The van der Waals surface area contributed by atoms with Crippen LogP contribution < -0.4 is 15.2 Å². The molecule has 19 heavy (non-hydrogen) atoms. The smallest absolute Gasteiger partial charge is 0.249 e. The molecule has 0 aliphatic rings. The SMILES string of the molecule is CCOc1ncnc(Oc2cc(Br)ccc2F)c1N. The Morgan fingerprint density at radius 3 is 2.79 bits per heavy atom. The highest BCUT2D eigenvalue weighted by Crippen LogP contribution is 2.32. The van der Waals surface area contributed by atoms with Crippen molar-refractivity contribution in [3.8, 4) is 17.5 Å². The maximum Gasteiger partial charge on any atom is 0.249 e. The Labute approximate surface area is 117 Å². The summed E-state index contributed by atoms with van der Waals surface area (Å²) in [6, 6.07) is 4.33. The minimum absolute atomic E-state index is 0.0159. The van der Waals surface area contributed by atoms with Gasteiger partial charge in [0.25, 0.3) is 0 Å². The minimum Gasteiger partial charge on any atom is -0.476 e. The molecular weight excluding hydrogens is 317 g/mol. The molecule has 1 aromatic carbocycles. The third kappa shape index (κ3) is 3.11. The Balaban J connectivity index is 2.33. The van der Waals surface area contributed by atoms with Gasteiger partial charge in [-0.3, -0.25) is 0 Å². The quantitative estimate of drug-likeness (QED) is 0.934. The number of hydrogen-bond donors (Lipinski definition) is 1. The van der Waals surface area contributed by atoms with E-state index in [0.717, 1.165) is 0 Å². The van der Waals surface area contributed by atoms with E-state index in [9.17, 15) is 4.39 Å². The summed E-state index contributed by atoms with van der Waals surface area (Å²) in [6.07, 6.45) is 1.24. The molecule has 0 fully saturated rings. The van der Waals surface area contributed by atoms with Crippen molar-refractivity contribution in [3.05, 3.63) is 34.8 Å². The Bertz CT molecular complexity index is 595. The number of benzene rings is 1. The van der Waals surface area contributed by atoms with E-state index in [-0.39, 0.29) is 23.2 Å². The van der Waals surface area contributed by atoms with Crippen LogP contribution in [0.2, 0.25) is 0 Å². The lowest BCUT2D eigenvalue weighted by Crippen LogP contribution is -2.03. The zero-order valence-electron chi connectivity index (χ0n) is 10.1. The zero-order chi connectivity index (χ0) is 13.8. The molecule has 2 rings (SSSR count). The second-order valence-electron chi connectivity index (χ2n) is 3.51. The number of ether oxygens (including phenoxy) is 2. The first-order valence-corrected chi connectivity index (χ1v) is 6.27. The molecule has 0 atom stereocenters. The van der Waals surface area contributed by atoms with Gasteiger partial charge in [-0.05, 0) is 25.1 Å². The maximum atomic E-state index is 13.6. The standard InChI is InChI=1S/C12H11BrFN3O2/c1-2-18-11-10(15)12(17-6-16-11)19-9-5-7(13)3-4-8(9)14/h3-6H,2,15H2,1H3. The lowest BCUT2D eigenvalue weighted by molar-refractivity contribution is 0.325. The van der Waals surface area contributed by atoms with E-state index in [0.29, 0.717) is 11.1 Å². The van der Waals surface area contributed by atoms with Gasteiger partial charge in [-0.2, -0.15) is 9.97 Å². The summed E-state index contributed by atoms with van der Waals surface area (Å²) in [4.78, 5) is 7.74. The van der Waals surface area contributed by atoms with Gasteiger partial charge in [0.2, 0.25) is 11.8 Å². The van der Waals surface area contributed by atoms with Crippen molar-refractivity contribution in [1.29, 1.82) is 0 Å². The second-order valence-corrected chi connectivity index (χ2v) is 4.42. The Morgan fingerprint density at radius 2 is 2.05 bits per heavy atom. The highest BCUT2D eigenvalue weighted by atomic mass is 79.9. The van der Waals surface area contributed by atoms with Gasteiger partial charge in [-0.25, -0.2) is 4.39 Å². The molecule has 2 N–H and O–H groups in total. The molecule has 0 spiro atoms. The van der Waals surface area contributed by atoms with Crippen LogP contribution in [0, 0.1) is 5.82 Å². The van der Waals surface area contributed by atoms with Gasteiger partial charge >= 0.3 is 0 Å². The molecule has 100 valence electrons. The molecular formula is C12H11BrFN3O2. The summed E-state index contributed by atoms with van der Waals surface area (Å²) in [5, 5.41) is 0. The highest BCUT2D eigenvalue weighted by Gasteiger charge is 2.13. The molecule has 1 aromatic heterocycles. The number of anilines is 1. The van der Waals surface area contributed by atoms with Crippen molar-refractivity contribution in [2.45, 2.75) is 6.92 Å². The average molecular weight is 328 g/mol. The van der Waals surface area contributed by atoms with E-state index in [1.54, 1.807) is 13.0 Å². The van der Waals surface area contributed by atoms with Crippen LogP contribution in [-0.2, 0) is 0 Å². The van der Waals surface area contributed by atoms with E-state index in [1.165, 1.54) is 18.5 Å². The lowest BCUT2D eigenvalue weighted by Gasteiger charge is -2.10. The molecule has 0 unspecified atom stereocenters. The maximum absolute atomic E-state index is 13.6. The zero-order valence-corrected chi connectivity index (χ0v) is 11.6. The van der Waals surface area contributed by atoms with Crippen molar-refractivity contribution in [2.24, 2.45) is 0 Å². The molecule has 1 heterocycles. The fraction of sp³-hybridized carbons (Fsp3) is 0.167. The molecule has 5 nitrogen and oxygen atoms in total. The summed E-state index contributed by atoms with van der Waals surface area (Å²) in [7, 11) is 0. The van der Waals surface area contributed by atoms with E-state index in [1.807, 2.05) is 0 Å². The molecule has 0 radical (unpaired) electrons. The minimum atomic E-state index is -0.515. The van der Waals surface area contributed by atoms with Crippen molar-refractivity contribution in [2.75, 3.05) is 12.3 Å². The number of hydrogen-bond acceptors (Lipinski definition) is 5. The van der Waals surface area contributed by atoms with Crippen LogP contribution in [0.1, 0.15) is 6.92 Å². The number of rotatable bonds is 4. The van der Waals surface area contributed by atoms with Crippen molar-refractivity contribution in [3.63, 3.8) is 0 Å². The van der Waals surface area contributed by atoms with Gasteiger partial charge in [-0.15, -0.1) is 0 Å². The summed E-state index contributed by atoms with van der Waals surface area (Å²) in [6.45, 7) is 2.21.